The summed E-state index contributed by atoms with van der Waals surface area (Å²) in [7, 11) is 0. The molecule has 0 fully saturated rings. The molecule has 0 bridgehead atoms. The van der Waals surface area contributed by atoms with E-state index in [2.05, 4.69) is 5.32 Å². The SMILES string of the molecule is NNC(=O)CCNc1ccc(F)cc1. The summed E-state index contributed by atoms with van der Waals surface area (Å²) >= 11 is 0. The fourth-order valence-electron chi connectivity index (χ4n) is 0.960. The Balaban J connectivity index is 2.31. The molecule has 0 aliphatic rings. The van der Waals surface area contributed by atoms with Gasteiger partial charge in [0.25, 0.3) is 0 Å². The number of anilines is 1. The number of benzene rings is 1. The summed E-state index contributed by atoms with van der Waals surface area (Å²) in [6.45, 7) is 0.467. The van der Waals surface area contributed by atoms with Crippen LogP contribution in [-0.4, -0.2) is 12.5 Å². The van der Waals surface area contributed by atoms with Crippen molar-refractivity contribution in [2.45, 2.75) is 6.42 Å². The van der Waals surface area contributed by atoms with Crippen LogP contribution in [0.2, 0.25) is 0 Å². The molecule has 4 nitrogen and oxygen atoms in total. The van der Waals surface area contributed by atoms with Crippen LogP contribution in [0.15, 0.2) is 24.3 Å². The molecule has 4 N–H and O–H groups in total. The summed E-state index contributed by atoms with van der Waals surface area (Å²) < 4.78 is 12.5. The minimum absolute atomic E-state index is 0.236. The predicted octanol–water partition coefficient (Wildman–Crippen LogP) is 0.618. The summed E-state index contributed by atoms with van der Waals surface area (Å²) in [5.74, 6) is 4.38. The molecule has 1 amide bonds. The van der Waals surface area contributed by atoms with Gasteiger partial charge in [-0.05, 0) is 24.3 Å². The lowest BCUT2D eigenvalue weighted by Crippen LogP contribution is -2.31. The molecule has 1 aromatic carbocycles. The van der Waals surface area contributed by atoms with Gasteiger partial charge < -0.3 is 5.32 Å². The maximum Gasteiger partial charge on any atom is 0.235 e. The van der Waals surface area contributed by atoms with E-state index in [-0.39, 0.29) is 18.1 Å². The highest BCUT2D eigenvalue weighted by molar-refractivity contribution is 5.75. The minimum Gasteiger partial charge on any atom is -0.385 e. The first-order chi connectivity index (χ1) is 6.72. The average molecular weight is 197 g/mol. The lowest BCUT2D eigenvalue weighted by Gasteiger charge is -2.04. The fourth-order valence-corrected chi connectivity index (χ4v) is 0.960. The van der Waals surface area contributed by atoms with Crippen LogP contribution in [0.5, 0.6) is 0 Å². The number of nitrogens with two attached hydrogens (primary N) is 1. The normalized spacial score (nSPS) is 9.57. The topological polar surface area (TPSA) is 67.1 Å². The zero-order valence-electron chi connectivity index (χ0n) is 7.59. The second kappa shape index (κ2) is 5.18. The molecule has 0 aromatic heterocycles. The Morgan fingerprint density at radius 3 is 2.57 bits per heavy atom. The van der Waals surface area contributed by atoms with Crippen molar-refractivity contribution in [1.82, 2.24) is 5.43 Å². The second-order valence-electron chi connectivity index (χ2n) is 2.75. The van der Waals surface area contributed by atoms with Gasteiger partial charge in [-0.3, -0.25) is 10.2 Å². The van der Waals surface area contributed by atoms with E-state index in [0.717, 1.165) is 5.69 Å². The lowest BCUT2D eigenvalue weighted by molar-refractivity contribution is -0.120. The molecular formula is C9H12FN3O. The molecule has 0 spiro atoms. The first-order valence-electron chi connectivity index (χ1n) is 4.21. The summed E-state index contributed by atoms with van der Waals surface area (Å²) in [6.07, 6.45) is 0.286. The van der Waals surface area contributed by atoms with E-state index < -0.39 is 0 Å². The average Bonchev–Trinajstić information content (AvgIpc) is 2.21. The molecule has 0 saturated carbocycles. The van der Waals surface area contributed by atoms with E-state index in [1.54, 1.807) is 12.1 Å². The summed E-state index contributed by atoms with van der Waals surface area (Å²) in [5, 5.41) is 2.95. The third kappa shape index (κ3) is 3.40. The van der Waals surface area contributed by atoms with Crippen molar-refractivity contribution in [2.75, 3.05) is 11.9 Å². The summed E-state index contributed by atoms with van der Waals surface area (Å²) in [6, 6.07) is 5.92. The quantitative estimate of drug-likeness (QED) is 0.376. The van der Waals surface area contributed by atoms with Gasteiger partial charge >= 0.3 is 0 Å². The zero-order valence-corrected chi connectivity index (χ0v) is 7.59. The van der Waals surface area contributed by atoms with Crippen LogP contribution in [0.1, 0.15) is 6.42 Å². The Bertz CT molecular complexity index is 299. The van der Waals surface area contributed by atoms with Gasteiger partial charge in [0.2, 0.25) is 5.91 Å². The number of carbonyl (C=O) groups excluding carboxylic acids is 1. The molecule has 1 rings (SSSR count). The Hall–Kier alpha value is -1.62. The van der Waals surface area contributed by atoms with Gasteiger partial charge in [-0.1, -0.05) is 0 Å². The van der Waals surface area contributed by atoms with E-state index in [4.69, 9.17) is 5.84 Å². The summed E-state index contributed by atoms with van der Waals surface area (Å²) in [5.41, 5.74) is 2.80. The van der Waals surface area contributed by atoms with Crippen molar-refractivity contribution in [3.8, 4) is 0 Å². The van der Waals surface area contributed by atoms with Crippen molar-refractivity contribution < 1.29 is 9.18 Å². The highest BCUT2D eigenvalue weighted by Crippen LogP contribution is 2.07. The van der Waals surface area contributed by atoms with Crippen LogP contribution in [0.25, 0.3) is 0 Å². The molecule has 0 heterocycles. The van der Waals surface area contributed by atoms with Gasteiger partial charge in [0.05, 0.1) is 0 Å². The number of hydrazine groups is 1. The molecule has 0 radical (unpaired) electrons. The molecule has 14 heavy (non-hydrogen) atoms. The number of hydrogen-bond donors (Lipinski definition) is 3. The summed E-state index contributed by atoms with van der Waals surface area (Å²) in [4.78, 5) is 10.7. The van der Waals surface area contributed by atoms with E-state index in [1.165, 1.54) is 12.1 Å². The Kier molecular flexibility index (Phi) is 3.87. The highest BCUT2D eigenvalue weighted by atomic mass is 19.1. The first-order valence-corrected chi connectivity index (χ1v) is 4.21. The second-order valence-corrected chi connectivity index (χ2v) is 2.75. The Morgan fingerprint density at radius 1 is 1.36 bits per heavy atom. The van der Waals surface area contributed by atoms with Crippen molar-refractivity contribution >= 4 is 11.6 Å². The Labute approximate surface area is 81.3 Å². The highest BCUT2D eigenvalue weighted by Gasteiger charge is 1.97. The number of amides is 1. The van der Waals surface area contributed by atoms with Crippen molar-refractivity contribution in [3.05, 3.63) is 30.1 Å². The lowest BCUT2D eigenvalue weighted by atomic mass is 10.3. The van der Waals surface area contributed by atoms with Gasteiger partial charge in [0.15, 0.2) is 0 Å². The predicted molar refractivity (Wildman–Crippen MR) is 51.8 cm³/mol. The van der Waals surface area contributed by atoms with Crippen LogP contribution in [0.4, 0.5) is 10.1 Å². The third-order valence-electron chi connectivity index (χ3n) is 1.69. The number of hydrogen-bond acceptors (Lipinski definition) is 3. The zero-order chi connectivity index (χ0) is 10.4. The number of carbonyl (C=O) groups is 1. The smallest absolute Gasteiger partial charge is 0.235 e. The van der Waals surface area contributed by atoms with Crippen molar-refractivity contribution in [3.63, 3.8) is 0 Å². The third-order valence-corrected chi connectivity index (χ3v) is 1.69. The van der Waals surface area contributed by atoms with Crippen LogP contribution in [-0.2, 0) is 4.79 Å². The minimum atomic E-state index is -0.282. The number of halogens is 1. The maximum atomic E-state index is 12.5. The van der Waals surface area contributed by atoms with Crippen LogP contribution < -0.4 is 16.6 Å². The van der Waals surface area contributed by atoms with Gasteiger partial charge in [-0.15, -0.1) is 0 Å². The molecule has 0 aliphatic carbocycles. The molecule has 0 saturated heterocycles. The van der Waals surface area contributed by atoms with Gasteiger partial charge in [-0.2, -0.15) is 0 Å². The molecule has 5 heteroatoms. The van der Waals surface area contributed by atoms with E-state index >= 15 is 0 Å². The fraction of sp³-hybridized carbons (Fsp3) is 0.222. The van der Waals surface area contributed by atoms with Gasteiger partial charge in [-0.25, -0.2) is 10.2 Å². The van der Waals surface area contributed by atoms with Crippen molar-refractivity contribution in [2.24, 2.45) is 5.84 Å². The molecule has 76 valence electrons. The van der Waals surface area contributed by atoms with E-state index in [9.17, 15) is 9.18 Å². The first kappa shape index (κ1) is 10.5. The van der Waals surface area contributed by atoms with Crippen molar-refractivity contribution in [1.29, 1.82) is 0 Å². The molecule has 1 aromatic rings. The van der Waals surface area contributed by atoms with Crippen LogP contribution >= 0.6 is 0 Å². The largest absolute Gasteiger partial charge is 0.385 e. The molecule has 0 aliphatic heterocycles. The van der Waals surface area contributed by atoms with E-state index in [1.807, 2.05) is 5.43 Å². The van der Waals surface area contributed by atoms with Crippen LogP contribution in [0, 0.1) is 5.82 Å². The Morgan fingerprint density at radius 2 is 2.00 bits per heavy atom. The maximum absolute atomic E-state index is 12.5. The van der Waals surface area contributed by atoms with Gasteiger partial charge in [0.1, 0.15) is 5.82 Å². The standard InChI is InChI=1S/C9H12FN3O/c10-7-1-3-8(4-2-7)12-6-5-9(14)13-11/h1-4,12H,5-6,11H2,(H,13,14). The van der Waals surface area contributed by atoms with Gasteiger partial charge in [0, 0.05) is 18.7 Å². The number of nitrogens with one attached hydrogen (secondary N) is 2. The monoisotopic (exact) mass is 197 g/mol. The van der Waals surface area contributed by atoms with Crippen LogP contribution in [0.3, 0.4) is 0 Å². The molecule has 0 atom stereocenters. The number of rotatable bonds is 4. The molecular weight excluding hydrogens is 185 g/mol. The van der Waals surface area contributed by atoms with E-state index in [0.29, 0.717) is 6.54 Å². The molecule has 0 unspecified atom stereocenters.